The van der Waals surface area contributed by atoms with E-state index in [4.69, 9.17) is 4.74 Å². The van der Waals surface area contributed by atoms with Gasteiger partial charge in [0.2, 0.25) is 0 Å². The fraction of sp³-hybridized carbons (Fsp3) is 0.500. The van der Waals surface area contributed by atoms with Gasteiger partial charge in [0, 0.05) is 0 Å². The van der Waals surface area contributed by atoms with Crippen LogP contribution in [0.3, 0.4) is 0 Å². The molecule has 3 nitrogen and oxygen atoms in total. The molecular formula is C6H8BrN2O. The summed E-state index contributed by atoms with van der Waals surface area (Å²) in [6, 6.07) is 0. The van der Waals surface area contributed by atoms with Crippen LogP contribution in [0.5, 0.6) is 0 Å². The predicted molar refractivity (Wildman–Crippen MR) is 42.8 cm³/mol. The van der Waals surface area contributed by atoms with Crippen LogP contribution in [0.15, 0.2) is 15.5 Å². The Morgan fingerprint density at radius 2 is 2.30 bits per heavy atom. The fourth-order valence-corrected chi connectivity index (χ4v) is 1.15. The van der Waals surface area contributed by atoms with E-state index in [1.165, 1.54) is 0 Å². The second kappa shape index (κ2) is 3.05. The molecule has 1 heterocycles. The molecule has 1 aliphatic rings. The maximum atomic E-state index is 5.24. The number of halogens is 1. The monoisotopic (exact) mass is 203 g/mol. The molecule has 4 heteroatoms. The Balaban J connectivity index is 2.69. The van der Waals surface area contributed by atoms with E-state index in [1.54, 1.807) is 0 Å². The van der Waals surface area contributed by atoms with Gasteiger partial charge in [0.1, 0.15) is 5.71 Å². The highest BCUT2D eigenvalue weighted by atomic mass is 79.9. The Morgan fingerprint density at radius 1 is 1.60 bits per heavy atom. The third-order valence-corrected chi connectivity index (χ3v) is 1.61. The third-order valence-electron chi connectivity index (χ3n) is 1.09. The highest BCUT2D eigenvalue weighted by molar-refractivity contribution is 9.11. The lowest BCUT2D eigenvalue weighted by Crippen LogP contribution is -1.99. The molecule has 0 bridgehead atoms. The van der Waals surface area contributed by atoms with Crippen molar-refractivity contribution in [3.63, 3.8) is 0 Å². The summed E-state index contributed by atoms with van der Waals surface area (Å²) in [5.41, 5.74) is 4.60. The van der Waals surface area contributed by atoms with Gasteiger partial charge in [-0.2, -0.15) is 5.10 Å². The van der Waals surface area contributed by atoms with Crippen molar-refractivity contribution in [2.75, 3.05) is 6.61 Å². The largest absolute Gasteiger partial charge is 0.489 e. The fourth-order valence-electron chi connectivity index (χ4n) is 0.667. The van der Waals surface area contributed by atoms with Gasteiger partial charge >= 0.3 is 0 Å². The number of hydrogen-bond donors (Lipinski definition) is 0. The van der Waals surface area contributed by atoms with Crippen LogP contribution in [0.25, 0.3) is 0 Å². The lowest BCUT2D eigenvalue weighted by molar-refractivity contribution is 0.249. The molecule has 1 rings (SSSR count). The summed E-state index contributed by atoms with van der Waals surface area (Å²) in [4.78, 5) is 0. The van der Waals surface area contributed by atoms with Crippen molar-refractivity contribution in [2.24, 2.45) is 5.10 Å². The van der Waals surface area contributed by atoms with Gasteiger partial charge < -0.3 is 4.74 Å². The predicted octanol–water partition coefficient (Wildman–Crippen LogP) is 1.58. The topological polar surface area (TPSA) is 35.7 Å². The van der Waals surface area contributed by atoms with Crippen molar-refractivity contribution >= 4 is 21.6 Å². The van der Waals surface area contributed by atoms with Crippen molar-refractivity contribution in [3.8, 4) is 0 Å². The molecule has 0 spiro atoms. The standard InChI is InChI=1S/C6H8BrN2O/c1-3-10-5-4(2)8-9-6(5)7/h3H2,1-2H3. The van der Waals surface area contributed by atoms with Gasteiger partial charge in [-0.15, -0.1) is 5.43 Å². The molecule has 0 aromatic rings. The van der Waals surface area contributed by atoms with Gasteiger partial charge in [-0.05, 0) is 29.8 Å². The van der Waals surface area contributed by atoms with E-state index in [1.807, 2.05) is 13.8 Å². The van der Waals surface area contributed by atoms with Crippen LogP contribution in [-0.2, 0) is 4.74 Å². The Labute approximate surface area is 68.3 Å². The number of ether oxygens (including phenoxy) is 1. The first-order valence-electron chi connectivity index (χ1n) is 3.04. The van der Waals surface area contributed by atoms with Gasteiger partial charge in [-0.3, -0.25) is 0 Å². The van der Waals surface area contributed by atoms with Crippen molar-refractivity contribution in [1.29, 1.82) is 0 Å². The average Bonchev–Trinajstić information content (AvgIpc) is 2.20. The lowest BCUT2D eigenvalue weighted by atomic mass is 10.4. The van der Waals surface area contributed by atoms with Crippen LogP contribution in [0.1, 0.15) is 13.8 Å². The SMILES string of the molecule is CCOC1=C(Br)[N]N=C1C. The minimum Gasteiger partial charge on any atom is -0.489 e. The summed E-state index contributed by atoms with van der Waals surface area (Å²) in [6.45, 7) is 4.44. The Morgan fingerprint density at radius 3 is 2.70 bits per heavy atom. The van der Waals surface area contributed by atoms with Crippen molar-refractivity contribution < 1.29 is 4.74 Å². The molecule has 0 fully saturated rings. The maximum absolute atomic E-state index is 5.24. The van der Waals surface area contributed by atoms with Gasteiger partial charge in [0.05, 0.1) is 6.61 Å². The van der Waals surface area contributed by atoms with E-state index < -0.39 is 0 Å². The molecule has 0 saturated heterocycles. The van der Waals surface area contributed by atoms with E-state index in [2.05, 4.69) is 26.5 Å². The lowest BCUT2D eigenvalue weighted by Gasteiger charge is -2.01. The summed E-state index contributed by atoms with van der Waals surface area (Å²) >= 11 is 3.22. The zero-order valence-electron chi connectivity index (χ0n) is 5.89. The first kappa shape index (κ1) is 7.60. The molecule has 10 heavy (non-hydrogen) atoms. The summed E-state index contributed by atoms with van der Waals surface area (Å²) in [5, 5.41) is 3.81. The van der Waals surface area contributed by atoms with Crippen molar-refractivity contribution in [3.05, 3.63) is 10.4 Å². The molecule has 0 amide bonds. The van der Waals surface area contributed by atoms with Gasteiger partial charge in [0.25, 0.3) is 0 Å². The molecule has 0 aliphatic carbocycles. The van der Waals surface area contributed by atoms with Crippen LogP contribution in [0.4, 0.5) is 0 Å². The first-order chi connectivity index (χ1) is 4.75. The molecule has 0 saturated carbocycles. The summed E-state index contributed by atoms with van der Waals surface area (Å²) in [6.07, 6.45) is 0. The molecular weight excluding hydrogens is 196 g/mol. The molecule has 1 aliphatic heterocycles. The molecule has 0 N–H and O–H groups in total. The van der Waals surface area contributed by atoms with E-state index in [0.29, 0.717) is 11.2 Å². The van der Waals surface area contributed by atoms with E-state index in [0.717, 1.165) is 11.5 Å². The minimum atomic E-state index is 0.646. The maximum Gasteiger partial charge on any atom is 0.176 e. The number of rotatable bonds is 2. The van der Waals surface area contributed by atoms with Crippen molar-refractivity contribution in [1.82, 2.24) is 5.43 Å². The minimum absolute atomic E-state index is 0.646. The normalized spacial score (nSPS) is 16.9. The van der Waals surface area contributed by atoms with Crippen LogP contribution >= 0.6 is 15.9 Å². The molecule has 0 atom stereocenters. The molecule has 0 unspecified atom stereocenters. The van der Waals surface area contributed by atoms with Crippen LogP contribution in [0, 0.1) is 0 Å². The number of nitrogens with zero attached hydrogens (tertiary/aromatic N) is 2. The second-order valence-electron chi connectivity index (χ2n) is 1.84. The van der Waals surface area contributed by atoms with Crippen molar-refractivity contribution in [2.45, 2.75) is 13.8 Å². The van der Waals surface area contributed by atoms with E-state index >= 15 is 0 Å². The molecule has 0 aromatic heterocycles. The van der Waals surface area contributed by atoms with Gasteiger partial charge in [0.15, 0.2) is 10.4 Å². The average molecular weight is 204 g/mol. The third kappa shape index (κ3) is 1.31. The zero-order chi connectivity index (χ0) is 7.56. The zero-order valence-corrected chi connectivity index (χ0v) is 7.47. The summed E-state index contributed by atoms with van der Waals surface area (Å²) in [7, 11) is 0. The quantitative estimate of drug-likeness (QED) is 0.629. The molecule has 0 aromatic carbocycles. The van der Waals surface area contributed by atoms with Crippen LogP contribution < -0.4 is 5.43 Å². The van der Waals surface area contributed by atoms with Crippen LogP contribution in [0.2, 0.25) is 0 Å². The van der Waals surface area contributed by atoms with Crippen LogP contribution in [-0.4, -0.2) is 12.3 Å². The Kier molecular flexibility index (Phi) is 2.32. The molecule has 55 valence electrons. The highest BCUT2D eigenvalue weighted by Gasteiger charge is 2.16. The molecule has 1 radical (unpaired) electrons. The Bertz CT molecular complexity index is 198. The highest BCUT2D eigenvalue weighted by Crippen LogP contribution is 2.18. The van der Waals surface area contributed by atoms with Gasteiger partial charge in [-0.25, -0.2) is 0 Å². The first-order valence-corrected chi connectivity index (χ1v) is 3.83. The second-order valence-corrected chi connectivity index (χ2v) is 2.59. The van der Waals surface area contributed by atoms with Gasteiger partial charge in [-0.1, -0.05) is 0 Å². The van der Waals surface area contributed by atoms with E-state index in [-0.39, 0.29) is 0 Å². The summed E-state index contributed by atoms with van der Waals surface area (Å²) < 4.78 is 5.92. The number of allylic oxidation sites excluding steroid dienone is 1. The van der Waals surface area contributed by atoms with E-state index in [9.17, 15) is 0 Å². The Hall–Kier alpha value is -0.510. The smallest absolute Gasteiger partial charge is 0.176 e. The summed E-state index contributed by atoms with van der Waals surface area (Å²) in [5.74, 6) is 0.752. The number of hydrogen-bond acceptors (Lipinski definition) is 2.